The van der Waals surface area contributed by atoms with Crippen LogP contribution in [0.25, 0.3) is 0 Å². The lowest BCUT2D eigenvalue weighted by atomic mass is 10.1. The maximum absolute atomic E-state index is 12.1. The second-order valence-electron chi connectivity index (χ2n) is 7.09. The number of hydrogen-bond acceptors (Lipinski definition) is 7. The maximum Gasteiger partial charge on any atom is 0.407 e. The molecule has 10 nitrogen and oxygen atoms in total. The van der Waals surface area contributed by atoms with Gasteiger partial charge < -0.3 is 25.8 Å². The Morgan fingerprint density at radius 1 is 1.48 bits per heavy atom. The van der Waals surface area contributed by atoms with Gasteiger partial charge in [-0.05, 0) is 33.0 Å². The van der Waals surface area contributed by atoms with Crippen LogP contribution in [0.15, 0.2) is 23.3 Å². The molecule has 1 saturated heterocycles. The third-order valence-electron chi connectivity index (χ3n) is 3.62. The Morgan fingerprint density at radius 2 is 2.22 bits per heavy atom. The van der Waals surface area contributed by atoms with E-state index in [-0.39, 0.29) is 30.1 Å². The number of rotatable bonds is 5. The van der Waals surface area contributed by atoms with Gasteiger partial charge in [0.15, 0.2) is 5.82 Å². The van der Waals surface area contributed by atoms with Crippen LogP contribution in [0.3, 0.4) is 0 Å². The number of H-pyrrole nitrogens is 1. The Bertz CT molecular complexity index is 734. The van der Waals surface area contributed by atoms with Gasteiger partial charge in [-0.2, -0.15) is 5.10 Å². The van der Waals surface area contributed by atoms with E-state index in [2.05, 4.69) is 25.8 Å². The fourth-order valence-electron chi connectivity index (χ4n) is 2.47. The van der Waals surface area contributed by atoms with Gasteiger partial charge in [-0.25, -0.2) is 4.79 Å². The summed E-state index contributed by atoms with van der Waals surface area (Å²) in [6, 6.07) is 1.67. The lowest BCUT2D eigenvalue weighted by molar-refractivity contribution is -0.110. The fraction of sp³-hybridized carbons (Fsp3) is 0.529. The standard InChI is InChI=1S/C17H26N6O4/c1-17(2,3)21-16(25)27-10-7-13(26-9-10)12-8-14(23-22-12)20-15(24)11(19-4)5-6-18/h5-6,8,10,13H,7,9,18H2,1-4H3,(H,21,25)(H2,20,22,23,24)/t10-,13-/m1/s1. The topological polar surface area (TPSA) is 144 Å². The molecule has 148 valence electrons. The number of aromatic amines is 1. The molecule has 0 aliphatic carbocycles. The molecule has 0 radical (unpaired) electrons. The van der Waals surface area contributed by atoms with Crippen LogP contribution in [0.5, 0.6) is 0 Å². The third-order valence-corrected chi connectivity index (χ3v) is 3.62. The number of nitrogens with one attached hydrogen (secondary N) is 3. The van der Waals surface area contributed by atoms with E-state index in [9.17, 15) is 9.59 Å². The highest BCUT2D eigenvalue weighted by Gasteiger charge is 2.31. The Hall–Kier alpha value is -2.88. The monoisotopic (exact) mass is 378 g/mol. The number of hydrogen-bond donors (Lipinski definition) is 4. The van der Waals surface area contributed by atoms with Crippen molar-refractivity contribution in [3.05, 3.63) is 24.0 Å². The molecule has 0 saturated carbocycles. The van der Waals surface area contributed by atoms with Crippen molar-refractivity contribution in [1.82, 2.24) is 15.5 Å². The highest BCUT2D eigenvalue weighted by atomic mass is 16.6. The van der Waals surface area contributed by atoms with Crippen molar-refractivity contribution < 1.29 is 19.1 Å². The second-order valence-corrected chi connectivity index (χ2v) is 7.09. The lowest BCUT2D eigenvalue weighted by Gasteiger charge is -2.21. The smallest absolute Gasteiger partial charge is 0.407 e. The van der Waals surface area contributed by atoms with E-state index in [1.807, 2.05) is 20.8 Å². The molecule has 1 aromatic rings. The molecule has 0 unspecified atom stereocenters. The summed E-state index contributed by atoms with van der Waals surface area (Å²) in [6.07, 6.45) is 1.98. The van der Waals surface area contributed by atoms with Crippen molar-refractivity contribution in [2.75, 3.05) is 19.0 Å². The quantitative estimate of drug-likeness (QED) is 0.568. The Morgan fingerprint density at radius 3 is 2.85 bits per heavy atom. The van der Waals surface area contributed by atoms with Crippen LogP contribution in [-0.2, 0) is 14.3 Å². The number of carbonyl (C=O) groups excluding carboxylic acids is 2. The van der Waals surface area contributed by atoms with Crippen LogP contribution in [-0.4, -0.2) is 53.2 Å². The molecule has 2 atom stereocenters. The molecular formula is C17H26N6O4. The minimum atomic E-state index is -0.478. The molecule has 0 spiro atoms. The average molecular weight is 378 g/mol. The molecule has 27 heavy (non-hydrogen) atoms. The average Bonchev–Trinajstić information content (AvgIpc) is 3.19. The van der Waals surface area contributed by atoms with Gasteiger partial charge in [0.05, 0.1) is 12.3 Å². The van der Waals surface area contributed by atoms with E-state index >= 15 is 0 Å². The number of alkyl carbamates (subject to hydrolysis) is 1. The zero-order valence-corrected chi connectivity index (χ0v) is 15.9. The van der Waals surface area contributed by atoms with Crippen LogP contribution >= 0.6 is 0 Å². The summed E-state index contributed by atoms with van der Waals surface area (Å²) in [7, 11) is 1.49. The molecule has 2 heterocycles. The highest BCUT2D eigenvalue weighted by molar-refractivity contribution is 6.46. The summed E-state index contributed by atoms with van der Waals surface area (Å²) in [4.78, 5) is 27.7. The van der Waals surface area contributed by atoms with Gasteiger partial charge in [-0.1, -0.05) is 0 Å². The van der Waals surface area contributed by atoms with E-state index in [4.69, 9.17) is 15.2 Å². The van der Waals surface area contributed by atoms with Crippen molar-refractivity contribution >= 4 is 23.5 Å². The summed E-state index contributed by atoms with van der Waals surface area (Å²) in [5, 5.41) is 12.2. The summed E-state index contributed by atoms with van der Waals surface area (Å²) in [5.74, 6) is -0.0929. The van der Waals surface area contributed by atoms with Gasteiger partial charge in [0.1, 0.15) is 17.9 Å². The summed E-state index contributed by atoms with van der Waals surface area (Å²) in [5.41, 5.74) is 5.77. The van der Waals surface area contributed by atoms with Crippen LogP contribution in [0.1, 0.15) is 39.0 Å². The first kappa shape index (κ1) is 20.4. The summed E-state index contributed by atoms with van der Waals surface area (Å²) in [6.45, 7) is 5.92. The van der Waals surface area contributed by atoms with E-state index in [0.717, 1.165) is 0 Å². The van der Waals surface area contributed by atoms with Gasteiger partial charge >= 0.3 is 6.09 Å². The second kappa shape index (κ2) is 8.67. The van der Waals surface area contributed by atoms with Gasteiger partial charge in [0.2, 0.25) is 0 Å². The van der Waals surface area contributed by atoms with Gasteiger partial charge in [-0.15, -0.1) is 0 Å². The fourth-order valence-corrected chi connectivity index (χ4v) is 2.47. The van der Waals surface area contributed by atoms with E-state index in [0.29, 0.717) is 17.9 Å². The van der Waals surface area contributed by atoms with Crippen molar-refractivity contribution in [3.8, 4) is 0 Å². The summed E-state index contributed by atoms with van der Waals surface area (Å²) >= 11 is 0. The lowest BCUT2D eigenvalue weighted by Crippen LogP contribution is -2.42. The van der Waals surface area contributed by atoms with Crippen molar-refractivity contribution in [1.29, 1.82) is 0 Å². The SMILES string of the molecule is CN=C(C=CN)C(=O)Nc1cc([C@H]2C[C@@H](OC(=O)NC(C)(C)C)CO2)[nH]n1. The first-order valence-electron chi connectivity index (χ1n) is 8.54. The van der Waals surface area contributed by atoms with Gasteiger partial charge in [-0.3, -0.25) is 14.9 Å². The van der Waals surface area contributed by atoms with E-state index in [1.165, 1.54) is 19.3 Å². The van der Waals surface area contributed by atoms with Crippen molar-refractivity contribution in [3.63, 3.8) is 0 Å². The third kappa shape index (κ3) is 6.10. The molecule has 2 amide bonds. The Kier molecular flexibility index (Phi) is 6.56. The summed E-state index contributed by atoms with van der Waals surface area (Å²) < 4.78 is 11.0. The molecule has 1 fully saturated rings. The number of aromatic nitrogens is 2. The first-order valence-corrected chi connectivity index (χ1v) is 8.54. The van der Waals surface area contributed by atoms with Crippen molar-refractivity contribution in [2.24, 2.45) is 10.7 Å². The van der Waals surface area contributed by atoms with Crippen LogP contribution in [0, 0.1) is 0 Å². The number of amides is 2. The number of nitrogens with zero attached hydrogens (tertiary/aromatic N) is 2. The number of ether oxygens (including phenoxy) is 2. The number of carbonyl (C=O) groups is 2. The largest absolute Gasteiger partial charge is 0.444 e. The van der Waals surface area contributed by atoms with Crippen molar-refractivity contribution in [2.45, 2.75) is 44.9 Å². The normalized spacial score (nSPS) is 20.7. The minimum absolute atomic E-state index is 0.178. The molecule has 10 heteroatoms. The zero-order chi connectivity index (χ0) is 20.0. The molecule has 1 aliphatic rings. The molecule has 5 N–H and O–H groups in total. The van der Waals surface area contributed by atoms with E-state index < -0.39 is 12.0 Å². The molecule has 1 aliphatic heterocycles. The number of nitrogens with two attached hydrogens (primary N) is 1. The minimum Gasteiger partial charge on any atom is -0.444 e. The Balaban J connectivity index is 1.90. The van der Waals surface area contributed by atoms with E-state index in [1.54, 1.807) is 6.07 Å². The Labute approximate surface area is 157 Å². The number of anilines is 1. The molecular weight excluding hydrogens is 352 g/mol. The molecule has 2 rings (SSSR count). The predicted octanol–water partition coefficient (Wildman–Crippen LogP) is 1.25. The van der Waals surface area contributed by atoms with Gasteiger partial charge in [0, 0.05) is 25.1 Å². The van der Waals surface area contributed by atoms with Crippen LogP contribution in [0.2, 0.25) is 0 Å². The first-order chi connectivity index (χ1) is 12.7. The predicted molar refractivity (Wildman–Crippen MR) is 100 cm³/mol. The highest BCUT2D eigenvalue weighted by Crippen LogP contribution is 2.30. The van der Waals surface area contributed by atoms with Crippen LogP contribution < -0.4 is 16.4 Å². The zero-order valence-electron chi connectivity index (χ0n) is 15.9. The van der Waals surface area contributed by atoms with Gasteiger partial charge in [0.25, 0.3) is 5.91 Å². The maximum atomic E-state index is 12.1. The molecule has 0 aromatic carbocycles. The molecule has 0 bridgehead atoms. The van der Waals surface area contributed by atoms with Crippen LogP contribution in [0.4, 0.5) is 10.6 Å². The number of aliphatic imine (C=N–C) groups is 1. The molecule has 1 aromatic heterocycles.